The van der Waals surface area contributed by atoms with Gasteiger partial charge in [-0.15, -0.1) is 0 Å². The first kappa shape index (κ1) is 15.8. The van der Waals surface area contributed by atoms with Crippen LogP contribution in [0.15, 0.2) is 24.3 Å². The summed E-state index contributed by atoms with van der Waals surface area (Å²) in [6.07, 6.45) is 2.09. The average Bonchev–Trinajstić information content (AvgIpc) is 2.65. The van der Waals surface area contributed by atoms with Crippen molar-refractivity contribution in [1.82, 2.24) is 9.80 Å². The third-order valence-electron chi connectivity index (χ3n) is 4.03. The molecule has 4 heteroatoms. The maximum atomic E-state index is 12.9. The van der Waals surface area contributed by atoms with Gasteiger partial charge in [0.05, 0.1) is 5.56 Å². The number of likely N-dealkylation sites (N-methyl/N-ethyl adjacent to an activating group) is 1. The molecule has 0 aliphatic carbocycles. The Labute approximate surface area is 128 Å². The number of anilines is 1. The van der Waals surface area contributed by atoms with Gasteiger partial charge in [-0.25, -0.2) is 0 Å². The van der Waals surface area contributed by atoms with Gasteiger partial charge in [-0.05, 0) is 45.5 Å². The molecule has 1 heterocycles. The monoisotopic (exact) mass is 289 g/mol. The second kappa shape index (κ2) is 7.46. The van der Waals surface area contributed by atoms with Crippen molar-refractivity contribution in [3.63, 3.8) is 0 Å². The molecule has 116 valence electrons. The molecule has 1 aromatic carbocycles. The Balaban J connectivity index is 2.18. The minimum atomic E-state index is 0.150. The highest BCUT2D eigenvalue weighted by molar-refractivity contribution is 5.99. The van der Waals surface area contributed by atoms with E-state index in [0.29, 0.717) is 0 Å². The number of carbonyl (C=O) groups excluding carboxylic acids is 1. The summed E-state index contributed by atoms with van der Waals surface area (Å²) >= 11 is 0. The Morgan fingerprint density at radius 2 is 2.10 bits per heavy atom. The molecule has 1 N–H and O–H groups in total. The first-order valence-corrected chi connectivity index (χ1v) is 7.96. The van der Waals surface area contributed by atoms with Crippen LogP contribution in [0.5, 0.6) is 0 Å². The number of hydrogen-bond donors (Lipinski definition) is 1. The van der Waals surface area contributed by atoms with E-state index in [1.165, 1.54) is 0 Å². The fourth-order valence-corrected chi connectivity index (χ4v) is 2.91. The topological polar surface area (TPSA) is 35.6 Å². The van der Waals surface area contributed by atoms with E-state index < -0.39 is 0 Å². The van der Waals surface area contributed by atoms with Gasteiger partial charge in [0.25, 0.3) is 5.91 Å². The van der Waals surface area contributed by atoms with Crippen LogP contribution < -0.4 is 5.32 Å². The lowest BCUT2D eigenvalue weighted by atomic mass is 10.1. The van der Waals surface area contributed by atoms with Crippen LogP contribution in [0.3, 0.4) is 0 Å². The molecule has 1 unspecified atom stereocenters. The first-order chi connectivity index (χ1) is 10.1. The Hall–Kier alpha value is -1.55. The Bertz CT molecular complexity index is 475. The largest absolute Gasteiger partial charge is 0.384 e. The fourth-order valence-electron chi connectivity index (χ4n) is 2.91. The summed E-state index contributed by atoms with van der Waals surface area (Å²) in [6, 6.07) is 8.11. The maximum Gasteiger partial charge on any atom is 0.256 e. The number of carbonyl (C=O) groups is 1. The van der Waals surface area contributed by atoms with E-state index in [1.807, 2.05) is 29.2 Å². The molecule has 1 fully saturated rings. The van der Waals surface area contributed by atoms with Crippen LogP contribution in [-0.2, 0) is 0 Å². The van der Waals surface area contributed by atoms with Crippen LogP contribution in [0.1, 0.15) is 37.0 Å². The van der Waals surface area contributed by atoms with Gasteiger partial charge in [-0.2, -0.15) is 0 Å². The molecule has 21 heavy (non-hydrogen) atoms. The lowest BCUT2D eigenvalue weighted by Gasteiger charge is -2.29. The van der Waals surface area contributed by atoms with Crippen LogP contribution in [0.4, 0.5) is 5.69 Å². The van der Waals surface area contributed by atoms with Gasteiger partial charge in [0.15, 0.2) is 0 Å². The molecule has 0 aromatic heterocycles. The molecule has 1 aliphatic heterocycles. The van der Waals surface area contributed by atoms with Crippen molar-refractivity contribution in [1.29, 1.82) is 0 Å². The molecule has 0 radical (unpaired) electrons. The van der Waals surface area contributed by atoms with Gasteiger partial charge in [0, 0.05) is 31.4 Å². The van der Waals surface area contributed by atoms with E-state index in [1.54, 1.807) is 0 Å². The summed E-state index contributed by atoms with van der Waals surface area (Å²) in [7, 11) is 2.13. The van der Waals surface area contributed by atoms with Crippen LogP contribution in [0.2, 0.25) is 0 Å². The minimum absolute atomic E-state index is 0.150. The molecular weight excluding hydrogens is 262 g/mol. The van der Waals surface area contributed by atoms with Gasteiger partial charge in [0.2, 0.25) is 0 Å². The van der Waals surface area contributed by atoms with E-state index in [4.69, 9.17) is 0 Å². The van der Waals surface area contributed by atoms with E-state index in [0.717, 1.165) is 50.3 Å². The number of para-hydroxylation sites is 1. The number of benzene rings is 1. The van der Waals surface area contributed by atoms with Crippen molar-refractivity contribution in [3.05, 3.63) is 29.8 Å². The SMILES string of the molecule is CCCNc1ccccc1C(=O)N1CCCN(C)CC1C. The maximum absolute atomic E-state index is 12.9. The summed E-state index contributed by atoms with van der Waals surface area (Å²) < 4.78 is 0. The lowest BCUT2D eigenvalue weighted by Crippen LogP contribution is -2.42. The number of nitrogens with zero attached hydrogens (tertiary/aromatic N) is 2. The van der Waals surface area contributed by atoms with Crippen molar-refractivity contribution in [2.45, 2.75) is 32.7 Å². The Morgan fingerprint density at radius 3 is 2.86 bits per heavy atom. The summed E-state index contributed by atoms with van der Waals surface area (Å²) in [5.74, 6) is 0.150. The van der Waals surface area contributed by atoms with E-state index in [2.05, 4.69) is 31.1 Å². The predicted octanol–water partition coefficient (Wildman–Crippen LogP) is 2.67. The quantitative estimate of drug-likeness (QED) is 0.925. The van der Waals surface area contributed by atoms with Crippen molar-refractivity contribution in [2.75, 3.05) is 38.5 Å². The van der Waals surface area contributed by atoms with E-state index >= 15 is 0 Å². The highest BCUT2D eigenvalue weighted by Crippen LogP contribution is 2.20. The zero-order valence-electron chi connectivity index (χ0n) is 13.4. The molecule has 2 rings (SSSR count). The molecule has 0 spiro atoms. The first-order valence-electron chi connectivity index (χ1n) is 7.96. The number of hydrogen-bond acceptors (Lipinski definition) is 3. The Morgan fingerprint density at radius 1 is 1.33 bits per heavy atom. The molecule has 0 saturated carbocycles. The second-order valence-corrected chi connectivity index (χ2v) is 5.94. The van der Waals surface area contributed by atoms with Gasteiger partial charge in [0.1, 0.15) is 0 Å². The Kier molecular flexibility index (Phi) is 5.62. The van der Waals surface area contributed by atoms with Gasteiger partial charge in [-0.3, -0.25) is 4.79 Å². The highest BCUT2D eigenvalue weighted by atomic mass is 16.2. The molecular formula is C17H27N3O. The molecule has 4 nitrogen and oxygen atoms in total. The molecule has 1 aromatic rings. The normalized spacial score (nSPS) is 20.1. The number of rotatable bonds is 4. The predicted molar refractivity (Wildman–Crippen MR) is 87.8 cm³/mol. The number of nitrogens with one attached hydrogen (secondary N) is 1. The molecule has 0 bridgehead atoms. The van der Waals surface area contributed by atoms with Crippen molar-refractivity contribution >= 4 is 11.6 Å². The van der Waals surface area contributed by atoms with Crippen molar-refractivity contribution < 1.29 is 4.79 Å². The summed E-state index contributed by atoms with van der Waals surface area (Å²) in [5.41, 5.74) is 1.75. The minimum Gasteiger partial charge on any atom is -0.384 e. The summed E-state index contributed by atoms with van der Waals surface area (Å²) in [4.78, 5) is 17.2. The van der Waals surface area contributed by atoms with Gasteiger partial charge >= 0.3 is 0 Å². The molecule has 1 atom stereocenters. The smallest absolute Gasteiger partial charge is 0.256 e. The van der Waals surface area contributed by atoms with Crippen LogP contribution in [0, 0.1) is 0 Å². The third kappa shape index (κ3) is 3.97. The molecule has 1 aliphatic rings. The summed E-state index contributed by atoms with van der Waals surface area (Å²) in [5, 5.41) is 3.36. The van der Waals surface area contributed by atoms with Crippen molar-refractivity contribution in [2.24, 2.45) is 0 Å². The van der Waals surface area contributed by atoms with E-state index in [9.17, 15) is 4.79 Å². The zero-order valence-corrected chi connectivity index (χ0v) is 13.4. The van der Waals surface area contributed by atoms with Crippen LogP contribution in [0.25, 0.3) is 0 Å². The second-order valence-electron chi connectivity index (χ2n) is 5.94. The summed E-state index contributed by atoms with van der Waals surface area (Å²) in [6.45, 7) is 8.00. The van der Waals surface area contributed by atoms with Gasteiger partial charge in [-0.1, -0.05) is 19.1 Å². The average molecular weight is 289 g/mol. The fraction of sp³-hybridized carbons (Fsp3) is 0.588. The lowest BCUT2D eigenvalue weighted by molar-refractivity contribution is 0.0697. The zero-order chi connectivity index (χ0) is 15.2. The van der Waals surface area contributed by atoms with Crippen molar-refractivity contribution in [3.8, 4) is 0 Å². The van der Waals surface area contributed by atoms with Crippen LogP contribution in [-0.4, -0.2) is 55.0 Å². The third-order valence-corrected chi connectivity index (χ3v) is 4.03. The molecule has 1 saturated heterocycles. The van der Waals surface area contributed by atoms with Crippen LogP contribution >= 0.6 is 0 Å². The highest BCUT2D eigenvalue weighted by Gasteiger charge is 2.26. The number of amides is 1. The standard InChI is InChI=1S/C17H27N3O/c1-4-10-18-16-9-6-5-8-15(16)17(21)20-12-7-11-19(3)13-14(20)2/h5-6,8-9,14,18H,4,7,10-13H2,1-3H3. The van der Waals surface area contributed by atoms with E-state index in [-0.39, 0.29) is 11.9 Å². The van der Waals surface area contributed by atoms with Gasteiger partial charge < -0.3 is 15.1 Å². The molecule has 1 amide bonds.